The number of hydrogen-bond acceptors (Lipinski definition) is 4. The molecule has 33 heavy (non-hydrogen) atoms. The summed E-state index contributed by atoms with van der Waals surface area (Å²) in [4.78, 5) is 30.4. The summed E-state index contributed by atoms with van der Waals surface area (Å²) in [5.41, 5.74) is 3.24. The molecule has 6 heteroatoms. The van der Waals surface area contributed by atoms with Crippen molar-refractivity contribution in [2.45, 2.75) is 38.8 Å². The third-order valence-corrected chi connectivity index (χ3v) is 6.27. The van der Waals surface area contributed by atoms with Crippen molar-refractivity contribution in [1.29, 1.82) is 0 Å². The van der Waals surface area contributed by atoms with E-state index in [1.807, 2.05) is 97.6 Å². The zero-order chi connectivity index (χ0) is 22.9. The van der Waals surface area contributed by atoms with E-state index in [0.717, 1.165) is 16.9 Å². The Morgan fingerprint density at radius 3 is 2.48 bits per heavy atom. The molecule has 0 fully saturated rings. The van der Waals surface area contributed by atoms with Crippen LogP contribution in [-0.2, 0) is 4.79 Å². The lowest BCUT2D eigenvalue weighted by molar-refractivity contribution is -0.118. The van der Waals surface area contributed by atoms with Gasteiger partial charge in [-0.05, 0) is 49.2 Å². The minimum atomic E-state index is -0.227. The first-order valence-corrected chi connectivity index (χ1v) is 11.2. The fourth-order valence-electron chi connectivity index (χ4n) is 4.75. The van der Waals surface area contributed by atoms with Crippen molar-refractivity contribution in [3.05, 3.63) is 90.2 Å². The fraction of sp³-hybridized carbons (Fsp3) is 0.222. The van der Waals surface area contributed by atoms with Gasteiger partial charge >= 0.3 is 0 Å². The van der Waals surface area contributed by atoms with Crippen LogP contribution in [0.1, 0.15) is 48.8 Å². The summed E-state index contributed by atoms with van der Waals surface area (Å²) in [5.74, 6) is 0.0552. The van der Waals surface area contributed by atoms with E-state index in [1.54, 1.807) is 4.90 Å². The third kappa shape index (κ3) is 3.57. The maximum atomic E-state index is 13.7. The lowest BCUT2D eigenvalue weighted by atomic mass is 9.89. The van der Waals surface area contributed by atoms with Gasteiger partial charge in [-0.2, -0.15) is 0 Å². The number of amides is 2. The molecule has 3 aromatic carbocycles. The van der Waals surface area contributed by atoms with E-state index in [2.05, 4.69) is 5.16 Å². The van der Waals surface area contributed by atoms with Gasteiger partial charge in [0.1, 0.15) is 5.52 Å². The van der Waals surface area contributed by atoms with Gasteiger partial charge in [0.2, 0.25) is 11.7 Å². The summed E-state index contributed by atoms with van der Waals surface area (Å²) in [6, 6.07) is 24.6. The van der Waals surface area contributed by atoms with Crippen LogP contribution in [0.4, 0.5) is 11.4 Å². The summed E-state index contributed by atoms with van der Waals surface area (Å²) >= 11 is 0. The molecule has 1 aliphatic heterocycles. The van der Waals surface area contributed by atoms with Crippen molar-refractivity contribution in [3.63, 3.8) is 0 Å². The van der Waals surface area contributed by atoms with Gasteiger partial charge < -0.3 is 14.3 Å². The van der Waals surface area contributed by atoms with E-state index < -0.39 is 0 Å². The first kappa shape index (κ1) is 20.9. The maximum Gasteiger partial charge on any atom is 0.297 e. The Morgan fingerprint density at radius 2 is 1.70 bits per heavy atom. The molecule has 0 saturated carbocycles. The summed E-state index contributed by atoms with van der Waals surface area (Å²) in [6.07, 6.45) is 1.00. The summed E-state index contributed by atoms with van der Waals surface area (Å²) < 4.78 is 5.49. The third-order valence-electron chi connectivity index (χ3n) is 6.27. The van der Waals surface area contributed by atoms with Gasteiger partial charge in [-0.15, -0.1) is 0 Å². The number of hydrogen-bond donors (Lipinski definition) is 0. The van der Waals surface area contributed by atoms with Crippen molar-refractivity contribution in [2.75, 3.05) is 9.80 Å². The number of para-hydroxylation sites is 2. The molecule has 0 saturated heterocycles. The van der Waals surface area contributed by atoms with Crippen molar-refractivity contribution in [2.24, 2.45) is 0 Å². The Balaban J connectivity index is 1.60. The van der Waals surface area contributed by atoms with Gasteiger partial charge in [0.15, 0.2) is 0 Å². The van der Waals surface area contributed by atoms with E-state index in [9.17, 15) is 9.59 Å². The van der Waals surface area contributed by atoms with Crippen molar-refractivity contribution >= 4 is 34.1 Å². The van der Waals surface area contributed by atoms with E-state index >= 15 is 0 Å². The quantitative estimate of drug-likeness (QED) is 0.406. The second-order valence-electron chi connectivity index (χ2n) is 8.32. The Hall–Kier alpha value is -3.93. The number of nitrogens with zero attached hydrogens (tertiary/aromatic N) is 3. The standard InChI is InChI=1S/C27H25N3O3/c1-3-25(31)30(19-11-5-4-6-12-19)24-17-18(2)29(23-16-10-8-14-21(23)24)27(32)26-20-13-7-9-15-22(20)28-33-26/h4-16,18,24H,3,17H2,1-2H3. The predicted octanol–water partition coefficient (Wildman–Crippen LogP) is 5.75. The van der Waals surface area contributed by atoms with Crippen LogP contribution < -0.4 is 9.80 Å². The number of benzene rings is 3. The van der Waals surface area contributed by atoms with Crippen molar-refractivity contribution < 1.29 is 14.1 Å². The van der Waals surface area contributed by atoms with Crippen molar-refractivity contribution in [1.82, 2.24) is 5.16 Å². The van der Waals surface area contributed by atoms with E-state index in [4.69, 9.17) is 4.52 Å². The molecule has 2 heterocycles. The van der Waals surface area contributed by atoms with Crippen LogP contribution in [0, 0.1) is 0 Å². The van der Waals surface area contributed by atoms with E-state index in [1.165, 1.54) is 0 Å². The number of carbonyl (C=O) groups excluding carboxylic acids is 2. The Kier molecular flexibility index (Phi) is 5.42. The molecule has 6 nitrogen and oxygen atoms in total. The summed E-state index contributed by atoms with van der Waals surface area (Å²) in [7, 11) is 0. The van der Waals surface area contributed by atoms with Gasteiger partial charge in [-0.1, -0.05) is 60.6 Å². The zero-order valence-corrected chi connectivity index (χ0v) is 18.6. The molecule has 0 bridgehead atoms. The van der Waals surface area contributed by atoms with Crippen LogP contribution in [0.2, 0.25) is 0 Å². The summed E-state index contributed by atoms with van der Waals surface area (Å²) in [6.45, 7) is 3.89. The van der Waals surface area contributed by atoms with E-state index in [0.29, 0.717) is 23.7 Å². The second-order valence-corrected chi connectivity index (χ2v) is 8.32. The molecule has 4 aromatic rings. The lowest BCUT2D eigenvalue weighted by Gasteiger charge is -2.43. The zero-order valence-electron chi connectivity index (χ0n) is 18.6. The van der Waals surface area contributed by atoms with Crippen LogP contribution in [-0.4, -0.2) is 23.0 Å². The Morgan fingerprint density at radius 1 is 1.00 bits per heavy atom. The molecule has 0 spiro atoms. The van der Waals surface area contributed by atoms with Crippen LogP contribution >= 0.6 is 0 Å². The molecule has 5 rings (SSSR count). The molecule has 166 valence electrons. The highest BCUT2D eigenvalue weighted by molar-refractivity contribution is 6.12. The topological polar surface area (TPSA) is 66.7 Å². The molecule has 2 unspecified atom stereocenters. The number of anilines is 2. The largest absolute Gasteiger partial charge is 0.350 e. The molecule has 2 atom stereocenters. The minimum Gasteiger partial charge on any atom is -0.350 e. The van der Waals surface area contributed by atoms with Crippen LogP contribution in [0.5, 0.6) is 0 Å². The second kappa shape index (κ2) is 8.54. The van der Waals surface area contributed by atoms with E-state index in [-0.39, 0.29) is 29.7 Å². The number of fused-ring (bicyclic) bond motifs is 2. The van der Waals surface area contributed by atoms with Gasteiger partial charge in [0, 0.05) is 23.8 Å². The fourth-order valence-corrected chi connectivity index (χ4v) is 4.75. The number of carbonyl (C=O) groups is 2. The summed E-state index contributed by atoms with van der Waals surface area (Å²) in [5, 5.41) is 4.75. The molecule has 1 aliphatic rings. The van der Waals surface area contributed by atoms with Gasteiger partial charge in [0.05, 0.1) is 11.4 Å². The monoisotopic (exact) mass is 439 g/mol. The normalized spacial score (nSPS) is 17.6. The highest BCUT2D eigenvalue weighted by Crippen LogP contribution is 2.43. The smallest absolute Gasteiger partial charge is 0.297 e. The average molecular weight is 440 g/mol. The predicted molar refractivity (Wildman–Crippen MR) is 128 cm³/mol. The molecule has 1 aromatic heterocycles. The van der Waals surface area contributed by atoms with Crippen LogP contribution in [0.3, 0.4) is 0 Å². The molecule has 0 N–H and O–H groups in total. The molecular formula is C27H25N3O3. The first-order valence-electron chi connectivity index (χ1n) is 11.2. The van der Waals surface area contributed by atoms with Crippen LogP contribution in [0.15, 0.2) is 83.4 Å². The minimum absolute atomic E-state index is 0.0502. The highest BCUT2D eigenvalue weighted by Gasteiger charge is 2.39. The van der Waals surface area contributed by atoms with Crippen LogP contribution in [0.25, 0.3) is 10.9 Å². The first-order chi connectivity index (χ1) is 16.1. The molecule has 0 aliphatic carbocycles. The Bertz CT molecular complexity index is 1310. The maximum absolute atomic E-state index is 13.7. The molecule has 2 amide bonds. The highest BCUT2D eigenvalue weighted by atomic mass is 16.5. The molecule has 0 radical (unpaired) electrons. The van der Waals surface area contributed by atoms with Crippen molar-refractivity contribution in [3.8, 4) is 0 Å². The average Bonchev–Trinajstić information content (AvgIpc) is 3.29. The van der Waals surface area contributed by atoms with Gasteiger partial charge in [-0.25, -0.2) is 0 Å². The molecular weight excluding hydrogens is 414 g/mol. The van der Waals surface area contributed by atoms with Gasteiger partial charge in [-0.3, -0.25) is 9.59 Å². The SMILES string of the molecule is CCC(=O)N(c1ccccc1)C1CC(C)N(C(=O)c2onc3ccccc23)c2ccccc21. The number of rotatable bonds is 4. The lowest BCUT2D eigenvalue weighted by Crippen LogP contribution is -2.47. The van der Waals surface area contributed by atoms with Gasteiger partial charge in [0.25, 0.3) is 5.91 Å². The Labute approximate surface area is 192 Å². The number of aromatic nitrogens is 1.